The molecule has 8 heteroatoms. The Morgan fingerprint density at radius 3 is 2.32 bits per heavy atom. The van der Waals surface area contributed by atoms with Crippen molar-refractivity contribution in [3.8, 4) is 34.3 Å². The first kappa shape index (κ1) is 23.5. The molecule has 0 bridgehead atoms. The maximum Gasteiger partial charge on any atom is 0.258 e. The zero-order valence-corrected chi connectivity index (χ0v) is 19.6. The average Bonchev–Trinajstić information content (AvgIpc) is 2.87. The van der Waals surface area contributed by atoms with Crippen molar-refractivity contribution >= 4 is 16.9 Å². The summed E-state index contributed by atoms with van der Waals surface area (Å²) < 4.78 is 27.8. The molecular formula is C26H29NO7. The predicted octanol–water partition coefficient (Wildman–Crippen LogP) is 4.31. The van der Waals surface area contributed by atoms with Crippen molar-refractivity contribution in [1.82, 2.24) is 5.32 Å². The maximum atomic E-state index is 12.9. The van der Waals surface area contributed by atoms with E-state index in [1.165, 1.54) is 33.8 Å². The fourth-order valence-corrected chi connectivity index (χ4v) is 4.26. The van der Waals surface area contributed by atoms with Crippen LogP contribution in [0.25, 0.3) is 22.3 Å². The van der Waals surface area contributed by atoms with Gasteiger partial charge in [-0.15, -0.1) is 0 Å². The van der Waals surface area contributed by atoms with E-state index in [-0.39, 0.29) is 24.0 Å². The molecule has 0 saturated heterocycles. The summed E-state index contributed by atoms with van der Waals surface area (Å²) in [6.45, 7) is -0.100. The van der Waals surface area contributed by atoms with Gasteiger partial charge >= 0.3 is 0 Å². The van der Waals surface area contributed by atoms with E-state index < -0.39 is 0 Å². The van der Waals surface area contributed by atoms with E-state index in [1.807, 2.05) is 0 Å². The van der Waals surface area contributed by atoms with Gasteiger partial charge in [0.15, 0.2) is 23.5 Å². The van der Waals surface area contributed by atoms with Gasteiger partial charge in [0.1, 0.15) is 17.1 Å². The van der Waals surface area contributed by atoms with Crippen LogP contribution in [0.5, 0.6) is 23.0 Å². The van der Waals surface area contributed by atoms with Gasteiger partial charge in [0.2, 0.25) is 5.75 Å². The quantitative estimate of drug-likeness (QED) is 0.527. The number of fused-ring (bicyclic) bond motifs is 1. The number of nitrogens with one attached hydrogen (secondary N) is 1. The Morgan fingerprint density at radius 1 is 0.971 bits per heavy atom. The number of ether oxygens (including phenoxy) is 4. The van der Waals surface area contributed by atoms with E-state index in [1.54, 1.807) is 30.3 Å². The van der Waals surface area contributed by atoms with Gasteiger partial charge in [0.05, 0.1) is 26.7 Å². The lowest BCUT2D eigenvalue weighted by Gasteiger charge is -2.22. The van der Waals surface area contributed by atoms with Crippen LogP contribution in [0.2, 0.25) is 0 Å². The molecular weight excluding hydrogens is 438 g/mol. The molecule has 2 aromatic carbocycles. The Balaban J connectivity index is 1.54. The molecule has 8 nitrogen and oxygen atoms in total. The fraction of sp³-hybridized carbons (Fsp3) is 0.385. The Bertz CT molecular complexity index is 1200. The molecule has 180 valence electrons. The van der Waals surface area contributed by atoms with Crippen LogP contribution in [-0.2, 0) is 4.79 Å². The third kappa shape index (κ3) is 5.11. The standard InChI is InChI=1S/C26H29NO7/c1-30-23-11-16(12-24(31-2)26(23)32-3)22-14-20(28)19-13-18(9-10-21(19)34-22)33-15-25(29)27-17-7-5-4-6-8-17/h9-14,17H,4-8,15H2,1-3H3,(H,27,29). The molecule has 0 atom stereocenters. The summed E-state index contributed by atoms with van der Waals surface area (Å²) in [6.07, 6.45) is 5.53. The number of amides is 1. The molecule has 0 radical (unpaired) electrons. The first-order valence-electron chi connectivity index (χ1n) is 11.3. The molecule has 1 amide bonds. The van der Waals surface area contributed by atoms with E-state index in [4.69, 9.17) is 23.4 Å². The monoisotopic (exact) mass is 467 g/mol. The Kier molecular flexibility index (Phi) is 7.25. The summed E-state index contributed by atoms with van der Waals surface area (Å²) in [6, 6.07) is 9.99. The van der Waals surface area contributed by atoms with E-state index in [9.17, 15) is 9.59 Å². The van der Waals surface area contributed by atoms with Crippen LogP contribution >= 0.6 is 0 Å². The van der Waals surface area contributed by atoms with E-state index >= 15 is 0 Å². The molecule has 1 aromatic heterocycles. The van der Waals surface area contributed by atoms with E-state index in [2.05, 4.69) is 5.32 Å². The first-order valence-corrected chi connectivity index (χ1v) is 11.3. The zero-order chi connectivity index (χ0) is 24.1. The summed E-state index contributed by atoms with van der Waals surface area (Å²) >= 11 is 0. The van der Waals surface area contributed by atoms with Crippen LogP contribution in [0.4, 0.5) is 0 Å². The van der Waals surface area contributed by atoms with Crippen molar-refractivity contribution in [1.29, 1.82) is 0 Å². The molecule has 0 spiro atoms. The fourth-order valence-electron chi connectivity index (χ4n) is 4.26. The van der Waals surface area contributed by atoms with Crippen LogP contribution in [0.15, 0.2) is 45.6 Å². The average molecular weight is 468 g/mol. The minimum atomic E-state index is -0.234. The largest absolute Gasteiger partial charge is 0.493 e. The van der Waals surface area contributed by atoms with E-state index in [0.717, 1.165) is 25.7 Å². The molecule has 0 unspecified atom stereocenters. The molecule has 0 aliphatic heterocycles. The zero-order valence-electron chi connectivity index (χ0n) is 19.6. The molecule has 3 aromatic rings. The number of carbonyl (C=O) groups excluding carboxylic acids is 1. The summed E-state index contributed by atoms with van der Waals surface area (Å²) in [7, 11) is 4.57. The third-order valence-electron chi connectivity index (χ3n) is 5.99. The van der Waals surface area contributed by atoms with E-state index in [0.29, 0.717) is 45.3 Å². The van der Waals surface area contributed by atoms with Gasteiger partial charge in [0, 0.05) is 17.7 Å². The number of methoxy groups -OCH3 is 3. The van der Waals surface area contributed by atoms with Crippen molar-refractivity contribution in [2.75, 3.05) is 27.9 Å². The normalized spacial score (nSPS) is 14.0. The number of hydrogen-bond donors (Lipinski definition) is 1. The number of benzene rings is 2. The van der Waals surface area contributed by atoms with Crippen molar-refractivity contribution in [2.45, 2.75) is 38.1 Å². The molecule has 1 aliphatic rings. The molecule has 1 N–H and O–H groups in total. The second kappa shape index (κ2) is 10.5. The topological polar surface area (TPSA) is 96.2 Å². The first-order chi connectivity index (χ1) is 16.5. The van der Waals surface area contributed by atoms with Gasteiger partial charge < -0.3 is 28.7 Å². The second-order valence-electron chi connectivity index (χ2n) is 8.24. The van der Waals surface area contributed by atoms with Crippen molar-refractivity contribution < 1.29 is 28.2 Å². The Morgan fingerprint density at radius 2 is 1.68 bits per heavy atom. The van der Waals surface area contributed by atoms with Crippen molar-refractivity contribution in [3.05, 3.63) is 46.6 Å². The molecule has 1 saturated carbocycles. The van der Waals surface area contributed by atoms with Crippen LogP contribution in [0.3, 0.4) is 0 Å². The van der Waals surface area contributed by atoms with Gasteiger partial charge in [-0.25, -0.2) is 0 Å². The molecule has 1 aliphatic carbocycles. The molecule has 1 heterocycles. The highest BCUT2D eigenvalue weighted by atomic mass is 16.5. The van der Waals surface area contributed by atoms with Crippen LogP contribution in [0.1, 0.15) is 32.1 Å². The van der Waals surface area contributed by atoms with Gasteiger partial charge in [-0.1, -0.05) is 19.3 Å². The molecule has 34 heavy (non-hydrogen) atoms. The Labute approximate surface area is 197 Å². The third-order valence-corrected chi connectivity index (χ3v) is 5.99. The lowest BCUT2D eigenvalue weighted by Crippen LogP contribution is -2.38. The summed E-state index contributed by atoms with van der Waals surface area (Å²) in [5.41, 5.74) is 0.769. The summed E-state index contributed by atoms with van der Waals surface area (Å²) in [5, 5.41) is 3.38. The smallest absolute Gasteiger partial charge is 0.258 e. The van der Waals surface area contributed by atoms with Gasteiger partial charge in [-0.05, 0) is 43.2 Å². The molecule has 4 rings (SSSR count). The SMILES string of the molecule is COc1cc(-c2cc(=O)c3cc(OCC(=O)NC4CCCCC4)ccc3o2)cc(OC)c1OC. The molecule has 1 fully saturated rings. The predicted molar refractivity (Wildman–Crippen MR) is 128 cm³/mol. The van der Waals surface area contributed by atoms with Crippen LogP contribution in [-0.4, -0.2) is 39.9 Å². The Hall–Kier alpha value is -3.68. The van der Waals surface area contributed by atoms with Crippen LogP contribution in [0, 0.1) is 0 Å². The minimum absolute atomic E-state index is 0.100. The van der Waals surface area contributed by atoms with Crippen LogP contribution < -0.4 is 29.7 Å². The lowest BCUT2D eigenvalue weighted by atomic mass is 9.95. The lowest BCUT2D eigenvalue weighted by molar-refractivity contribution is -0.124. The maximum absolute atomic E-state index is 12.9. The van der Waals surface area contributed by atoms with Gasteiger partial charge in [0.25, 0.3) is 5.91 Å². The highest BCUT2D eigenvalue weighted by molar-refractivity contribution is 5.81. The van der Waals surface area contributed by atoms with Crippen molar-refractivity contribution in [2.24, 2.45) is 0 Å². The number of carbonyl (C=O) groups is 1. The minimum Gasteiger partial charge on any atom is -0.493 e. The highest BCUT2D eigenvalue weighted by Gasteiger charge is 2.18. The van der Waals surface area contributed by atoms with Crippen molar-refractivity contribution in [3.63, 3.8) is 0 Å². The van der Waals surface area contributed by atoms with Gasteiger partial charge in [-0.3, -0.25) is 9.59 Å². The number of rotatable bonds is 8. The summed E-state index contributed by atoms with van der Waals surface area (Å²) in [4.78, 5) is 25.1. The summed E-state index contributed by atoms with van der Waals surface area (Å²) in [5.74, 6) is 1.99. The highest BCUT2D eigenvalue weighted by Crippen LogP contribution is 2.41. The number of hydrogen-bond acceptors (Lipinski definition) is 7. The van der Waals surface area contributed by atoms with Gasteiger partial charge in [-0.2, -0.15) is 0 Å². The second-order valence-corrected chi connectivity index (χ2v) is 8.24.